The van der Waals surface area contributed by atoms with Crippen molar-refractivity contribution in [1.82, 2.24) is 10.6 Å². The SMILES string of the molecule is CCNC(=NCC(O)c1ccc(OC)cc1)NCCC(OCC)C1CCCC1.I. The number of nitrogens with one attached hydrogen (secondary N) is 2. The van der Waals surface area contributed by atoms with Crippen molar-refractivity contribution >= 4 is 29.9 Å². The van der Waals surface area contributed by atoms with Gasteiger partial charge in [0.1, 0.15) is 5.75 Å². The Balaban J connectivity index is 0.00000420. The molecule has 1 aliphatic rings. The first-order valence-corrected chi connectivity index (χ1v) is 10.6. The topological polar surface area (TPSA) is 75.1 Å². The van der Waals surface area contributed by atoms with Gasteiger partial charge in [0, 0.05) is 19.7 Å². The van der Waals surface area contributed by atoms with Gasteiger partial charge in [-0.25, -0.2) is 0 Å². The van der Waals surface area contributed by atoms with Crippen LogP contribution in [-0.4, -0.2) is 50.5 Å². The molecule has 0 aromatic heterocycles. The molecule has 3 N–H and O–H groups in total. The lowest BCUT2D eigenvalue weighted by atomic mass is 9.98. The first-order chi connectivity index (χ1) is 13.7. The van der Waals surface area contributed by atoms with Gasteiger partial charge in [-0.1, -0.05) is 25.0 Å². The van der Waals surface area contributed by atoms with Gasteiger partial charge in [-0.05, 0) is 56.7 Å². The highest BCUT2D eigenvalue weighted by molar-refractivity contribution is 14.0. The van der Waals surface area contributed by atoms with E-state index in [0.717, 1.165) is 43.4 Å². The van der Waals surface area contributed by atoms with E-state index >= 15 is 0 Å². The highest BCUT2D eigenvalue weighted by atomic mass is 127. The molecular weight excluding hydrogens is 481 g/mol. The van der Waals surface area contributed by atoms with Gasteiger partial charge < -0.3 is 25.2 Å². The molecule has 1 aromatic carbocycles. The Labute approximate surface area is 192 Å². The van der Waals surface area contributed by atoms with Crippen molar-refractivity contribution < 1.29 is 14.6 Å². The van der Waals surface area contributed by atoms with Gasteiger partial charge in [0.2, 0.25) is 0 Å². The quantitative estimate of drug-likeness (QED) is 0.235. The molecule has 0 aliphatic heterocycles. The summed E-state index contributed by atoms with van der Waals surface area (Å²) in [7, 11) is 1.63. The molecule has 2 unspecified atom stereocenters. The summed E-state index contributed by atoms with van der Waals surface area (Å²) < 4.78 is 11.1. The molecule has 0 bridgehead atoms. The Bertz CT molecular complexity index is 577. The maximum absolute atomic E-state index is 10.4. The number of methoxy groups -OCH3 is 1. The number of nitrogens with zero attached hydrogens (tertiary/aromatic N) is 1. The lowest BCUT2D eigenvalue weighted by Gasteiger charge is -2.24. The maximum Gasteiger partial charge on any atom is 0.191 e. The van der Waals surface area contributed by atoms with Crippen LogP contribution in [0.5, 0.6) is 5.75 Å². The second kappa shape index (κ2) is 14.8. The zero-order chi connectivity index (χ0) is 20.2. The van der Waals surface area contributed by atoms with Crippen molar-refractivity contribution in [3.8, 4) is 5.75 Å². The van der Waals surface area contributed by atoms with E-state index in [1.807, 2.05) is 31.2 Å². The van der Waals surface area contributed by atoms with E-state index in [1.165, 1.54) is 25.7 Å². The molecule has 1 aliphatic carbocycles. The molecule has 1 aromatic rings. The largest absolute Gasteiger partial charge is 0.497 e. The number of hydrogen-bond acceptors (Lipinski definition) is 4. The number of hydrogen-bond donors (Lipinski definition) is 3. The average molecular weight is 519 g/mol. The summed E-state index contributed by atoms with van der Waals surface area (Å²) in [6, 6.07) is 7.44. The molecule has 0 radical (unpaired) electrons. The predicted molar refractivity (Wildman–Crippen MR) is 129 cm³/mol. The minimum atomic E-state index is -0.643. The highest BCUT2D eigenvalue weighted by Gasteiger charge is 2.25. The number of benzene rings is 1. The zero-order valence-electron chi connectivity index (χ0n) is 18.0. The van der Waals surface area contributed by atoms with Crippen LogP contribution in [0, 0.1) is 5.92 Å². The monoisotopic (exact) mass is 519 g/mol. The molecule has 6 nitrogen and oxygen atoms in total. The molecule has 0 saturated heterocycles. The van der Waals surface area contributed by atoms with E-state index in [4.69, 9.17) is 9.47 Å². The smallest absolute Gasteiger partial charge is 0.191 e. The Morgan fingerprint density at radius 2 is 1.86 bits per heavy atom. The van der Waals surface area contributed by atoms with E-state index in [9.17, 15) is 5.11 Å². The van der Waals surface area contributed by atoms with Crippen molar-refractivity contribution in [2.24, 2.45) is 10.9 Å². The van der Waals surface area contributed by atoms with E-state index in [1.54, 1.807) is 7.11 Å². The van der Waals surface area contributed by atoms with Gasteiger partial charge >= 0.3 is 0 Å². The Kier molecular flexibility index (Phi) is 13.3. The number of aliphatic hydroxyl groups is 1. The third kappa shape index (κ3) is 9.09. The van der Waals surface area contributed by atoms with E-state index < -0.39 is 6.10 Å². The van der Waals surface area contributed by atoms with Gasteiger partial charge in [0.15, 0.2) is 5.96 Å². The summed E-state index contributed by atoms with van der Waals surface area (Å²) in [6.07, 6.45) is 5.89. The van der Waals surface area contributed by atoms with Crippen LogP contribution in [0.4, 0.5) is 0 Å². The third-order valence-electron chi connectivity index (χ3n) is 5.29. The second-order valence-electron chi connectivity index (χ2n) is 7.26. The van der Waals surface area contributed by atoms with Crippen LogP contribution in [-0.2, 0) is 4.74 Å². The number of aliphatic hydroxyl groups excluding tert-OH is 1. The summed E-state index contributed by atoms with van der Waals surface area (Å²) in [5.74, 6) is 2.20. The minimum absolute atomic E-state index is 0. The lowest BCUT2D eigenvalue weighted by Crippen LogP contribution is -2.39. The molecule has 166 valence electrons. The number of guanidine groups is 1. The predicted octanol–water partition coefficient (Wildman–Crippen LogP) is 3.89. The van der Waals surface area contributed by atoms with Crippen LogP contribution in [0.15, 0.2) is 29.3 Å². The van der Waals surface area contributed by atoms with Crippen LogP contribution in [0.3, 0.4) is 0 Å². The molecule has 0 heterocycles. The Morgan fingerprint density at radius 3 is 2.45 bits per heavy atom. The summed E-state index contributed by atoms with van der Waals surface area (Å²) in [6.45, 7) is 6.77. The number of ether oxygens (including phenoxy) is 2. The number of halogens is 1. The van der Waals surface area contributed by atoms with Crippen LogP contribution in [0.1, 0.15) is 57.6 Å². The molecular formula is C22H38IN3O3. The van der Waals surface area contributed by atoms with Gasteiger partial charge in [-0.15, -0.1) is 24.0 Å². The van der Waals surface area contributed by atoms with Crippen molar-refractivity contribution in [2.45, 2.75) is 58.2 Å². The molecule has 1 fully saturated rings. The number of aliphatic imine (C=N–C) groups is 1. The minimum Gasteiger partial charge on any atom is -0.497 e. The molecule has 2 rings (SSSR count). The van der Waals surface area contributed by atoms with Gasteiger partial charge in [0.05, 0.1) is 25.9 Å². The van der Waals surface area contributed by atoms with Crippen molar-refractivity contribution in [3.05, 3.63) is 29.8 Å². The fourth-order valence-corrected chi connectivity index (χ4v) is 3.78. The first-order valence-electron chi connectivity index (χ1n) is 10.6. The van der Waals surface area contributed by atoms with Crippen LogP contribution in [0.25, 0.3) is 0 Å². The molecule has 2 atom stereocenters. The summed E-state index contributed by atoms with van der Waals surface area (Å²) in [5, 5.41) is 17.0. The van der Waals surface area contributed by atoms with Crippen molar-refractivity contribution in [1.29, 1.82) is 0 Å². The van der Waals surface area contributed by atoms with E-state index in [2.05, 4.69) is 22.5 Å². The van der Waals surface area contributed by atoms with Crippen LogP contribution >= 0.6 is 24.0 Å². The standard InChI is InChI=1S/C22H37N3O3.HI/c1-4-23-22(24-15-14-21(28-5-2)18-8-6-7-9-18)25-16-20(26)17-10-12-19(27-3)13-11-17;/h10-13,18,20-21,26H,4-9,14-16H2,1-3H3,(H2,23,24,25);1H. The van der Waals surface area contributed by atoms with Gasteiger partial charge in [-0.3, -0.25) is 4.99 Å². The van der Waals surface area contributed by atoms with Gasteiger partial charge in [-0.2, -0.15) is 0 Å². The number of rotatable bonds is 11. The van der Waals surface area contributed by atoms with Gasteiger partial charge in [0.25, 0.3) is 0 Å². The van der Waals surface area contributed by atoms with Crippen molar-refractivity contribution in [2.75, 3.05) is 33.4 Å². The highest BCUT2D eigenvalue weighted by Crippen LogP contribution is 2.30. The summed E-state index contributed by atoms with van der Waals surface area (Å²) in [4.78, 5) is 4.55. The maximum atomic E-state index is 10.4. The van der Waals surface area contributed by atoms with Crippen LogP contribution in [0.2, 0.25) is 0 Å². The fraction of sp³-hybridized carbons (Fsp3) is 0.682. The van der Waals surface area contributed by atoms with E-state index in [0.29, 0.717) is 18.6 Å². The second-order valence-corrected chi connectivity index (χ2v) is 7.26. The molecule has 1 saturated carbocycles. The van der Waals surface area contributed by atoms with Crippen LogP contribution < -0.4 is 15.4 Å². The molecule has 0 amide bonds. The summed E-state index contributed by atoms with van der Waals surface area (Å²) in [5.41, 5.74) is 0.832. The fourth-order valence-electron chi connectivity index (χ4n) is 3.78. The first kappa shape index (κ1) is 26.0. The van der Waals surface area contributed by atoms with E-state index in [-0.39, 0.29) is 24.0 Å². The third-order valence-corrected chi connectivity index (χ3v) is 5.29. The molecule has 29 heavy (non-hydrogen) atoms. The molecule has 7 heteroatoms. The average Bonchev–Trinajstić information content (AvgIpc) is 3.26. The lowest BCUT2D eigenvalue weighted by molar-refractivity contribution is 0.0169. The summed E-state index contributed by atoms with van der Waals surface area (Å²) >= 11 is 0. The van der Waals surface area contributed by atoms with Crippen molar-refractivity contribution in [3.63, 3.8) is 0 Å². The molecule has 0 spiro atoms. The normalized spacial score (nSPS) is 16.8. The zero-order valence-corrected chi connectivity index (χ0v) is 20.4. The Hall–Kier alpha value is -1.06. The Morgan fingerprint density at radius 1 is 1.17 bits per heavy atom.